The van der Waals surface area contributed by atoms with Crippen LogP contribution in [0.3, 0.4) is 0 Å². The van der Waals surface area contributed by atoms with E-state index in [-0.39, 0.29) is 35.1 Å². The van der Waals surface area contributed by atoms with Gasteiger partial charge < -0.3 is 14.0 Å². The van der Waals surface area contributed by atoms with Gasteiger partial charge in [-0.1, -0.05) is 13.5 Å². The van der Waals surface area contributed by atoms with Crippen molar-refractivity contribution in [2.75, 3.05) is 6.61 Å². The fraction of sp³-hybridized carbons (Fsp3) is 0.636. The number of hydrogen-bond donors (Lipinski definition) is 0. The number of rotatable bonds is 8. The van der Waals surface area contributed by atoms with Crippen molar-refractivity contribution in [3.05, 3.63) is 12.2 Å². The van der Waals surface area contributed by atoms with Crippen molar-refractivity contribution >= 4 is 22.1 Å². The van der Waals surface area contributed by atoms with Crippen molar-refractivity contribution in [2.24, 2.45) is 0 Å². The maximum atomic E-state index is 13.7. The summed E-state index contributed by atoms with van der Waals surface area (Å²) in [5, 5.41) is -5.07. The summed E-state index contributed by atoms with van der Waals surface area (Å²) in [6.07, 6.45) is -2.94. The van der Waals surface area contributed by atoms with Gasteiger partial charge >= 0.3 is 52.7 Å². The van der Waals surface area contributed by atoms with Crippen LogP contribution in [0.15, 0.2) is 12.2 Å². The van der Waals surface area contributed by atoms with Gasteiger partial charge in [-0.3, -0.25) is 0 Å². The second-order valence-electron chi connectivity index (χ2n) is 4.37. The second kappa shape index (κ2) is 9.13. The molecular weight excluding hydrogens is 375 g/mol. The molecule has 0 aromatic rings. The van der Waals surface area contributed by atoms with Crippen LogP contribution in [0, 0.1) is 0 Å². The van der Waals surface area contributed by atoms with E-state index in [4.69, 9.17) is 0 Å². The van der Waals surface area contributed by atoms with E-state index in [2.05, 4.69) is 16.1 Å². The van der Waals surface area contributed by atoms with Crippen LogP contribution in [0.4, 0.5) is 17.6 Å². The molecule has 0 fully saturated rings. The van der Waals surface area contributed by atoms with Crippen LogP contribution in [0.1, 0.15) is 20.3 Å². The fourth-order valence-corrected chi connectivity index (χ4v) is 1.30. The Balaban J connectivity index is 0. The van der Waals surface area contributed by atoms with Gasteiger partial charge in [-0.05, 0) is 13.3 Å². The predicted octanol–water partition coefficient (Wildman–Crippen LogP) is -1.80. The molecule has 0 bridgehead atoms. The van der Waals surface area contributed by atoms with Crippen molar-refractivity contribution in [3.63, 3.8) is 0 Å². The van der Waals surface area contributed by atoms with Crippen LogP contribution >= 0.6 is 0 Å². The van der Waals surface area contributed by atoms with Gasteiger partial charge in [0.05, 0.1) is 0 Å². The average molecular weight is 388 g/mol. The van der Waals surface area contributed by atoms with Crippen LogP contribution in [-0.2, 0) is 29.2 Å². The van der Waals surface area contributed by atoms with Gasteiger partial charge in [0, 0.05) is 5.57 Å². The van der Waals surface area contributed by atoms with Gasteiger partial charge in [0.25, 0.3) is 0 Å². The Morgan fingerprint density at radius 2 is 1.71 bits per heavy atom. The van der Waals surface area contributed by atoms with E-state index < -0.39 is 52.4 Å². The molecule has 0 aliphatic heterocycles. The van der Waals surface area contributed by atoms with Gasteiger partial charge in [-0.15, -0.1) is 0 Å². The third-order valence-electron chi connectivity index (χ3n) is 2.38. The number of esters is 2. The zero-order valence-corrected chi connectivity index (χ0v) is 15.8. The van der Waals surface area contributed by atoms with Crippen molar-refractivity contribution in [1.82, 2.24) is 0 Å². The molecule has 1 unspecified atom stereocenters. The topological polar surface area (TPSA) is 110 Å². The molecule has 1 atom stereocenters. The van der Waals surface area contributed by atoms with Crippen molar-refractivity contribution in [1.29, 1.82) is 0 Å². The maximum absolute atomic E-state index is 13.7. The van der Waals surface area contributed by atoms with Crippen molar-refractivity contribution in [3.8, 4) is 0 Å². The Morgan fingerprint density at radius 1 is 1.25 bits per heavy atom. The predicted molar refractivity (Wildman–Crippen MR) is 65.5 cm³/mol. The van der Waals surface area contributed by atoms with Crippen LogP contribution in [0.2, 0.25) is 0 Å². The normalized spacial score (nSPS) is 13.5. The molecule has 0 aromatic heterocycles. The summed E-state index contributed by atoms with van der Waals surface area (Å²) in [4.78, 5) is 22.4. The van der Waals surface area contributed by atoms with Crippen LogP contribution < -0.4 is 29.6 Å². The van der Waals surface area contributed by atoms with E-state index in [0.29, 0.717) is 0 Å². The zero-order chi connectivity index (χ0) is 18.6. The van der Waals surface area contributed by atoms with E-state index >= 15 is 0 Å². The summed E-state index contributed by atoms with van der Waals surface area (Å²) in [6.45, 7) is 2.99. The van der Waals surface area contributed by atoms with Crippen LogP contribution in [0.25, 0.3) is 0 Å². The number of carbonyl (C=O) groups is 2. The first-order chi connectivity index (χ1) is 10.2. The standard InChI is InChI=1S/C11H14F4O7S.Na/c1-4-7(22-8(16)6(2)3)11(14,15)9(17)21-5-10(12,13)23(18,19)20;/h7H,2,4-5H2,1,3H3,(H,18,19,20);/q;+1/p-1. The Bertz CT molecular complexity index is 591. The molecule has 0 rings (SSSR count). The molecule has 24 heavy (non-hydrogen) atoms. The second-order valence-corrected chi connectivity index (χ2v) is 5.88. The quantitative estimate of drug-likeness (QED) is 0.159. The first-order valence-corrected chi connectivity index (χ1v) is 7.32. The Hall–Kier alpha value is -0.690. The Labute approximate surface area is 157 Å². The summed E-state index contributed by atoms with van der Waals surface area (Å²) in [7, 11) is -6.20. The van der Waals surface area contributed by atoms with E-state index in [1.54, 1.807) is 0 Å². The molecule has 0 aromatic carbocycles. The summed E-state index contributed by atoms with van der Waals surface area (Å²) in [6, 6.07) is 0. The minimum atomic E-state index is -6.20. The first-order valence-electron chi connectivity index (χ1n) is 5.91. The maximum Gasteiger partial charge on any atom is 1.00 e. The summed E-state index contributed by atoms with van der Waals surface area (Å²) in [5.41, 5.74) is -0.253. The van der Waals surface area contributed by atoms with Gasteiger partial charge in [0.1, 0.15) is 0 Å². The zero-order valence-electron chi connectivity index (χ0n) is 13.0. The first kappa shape index (κ1) is 25.5. The number of hydrogen-bond acceptors (Lipinski definition) is 7. The molecular formula is C11H13F4NaO7S. The molecule has 0 heterocycles. The van der Waals surface area contributed by atoms with Gasteiger partial charge in [0.2, 0.25) is 0 Å². The summed E-state index contributed by atoms with van der Waals surface area (Å²) in [5.74, 6) is -8.36. The molecule has 134 valence electrons. The van der Waals surface area contributed by atoms with E-state index in [1.807, 2.05) is 0 Å². The van der Waals surface area contributed by atoms with Crippen LogP contribution in [0.5, 0.6) is 0 Å². The van der Waals surface area contributed by atoms with Gasteiger partial charge in [-0.2, -0.15) is 17.6 Å². The minimum absolute atomic E-state index is 0. The molecule has 0 saturated heterocycles. The van der Waals surface area contributed by atoms with E-state index in [0.717, 1.165) is 13.8 Å². The van der Waals surface area contributed by atoms with Crippen molar-refractivity contribution in [2.45, 2.75) is 37.5 Å². The molecule has 0 radical (unpaired) electrons. The Kier molecular flexibility index (Phi) is 9.72. The average Bonchev–Trinajstić information content (AvgIpc) is 2.39. The third-order valence-corrected chi connectivity index (χ3v) is 3.23. The number of carbonyl (C=O) groups excluding carboxylic acids is 2. The van der Waals surface area contributed by atoms with Crippen molar-refractivity contribution < 1.29 is 79.2 Å². The number of alkyl halides is 4. The van der Waals surface area contributed by atoms with Gasteiger partial charge in [0.15, 0.2) is 22.8 Å². The molecule has 13 heteroatoms. The van der Waals surface area contributed by atoms with Crippen LogP contribution in [-0.4, -0.2) is 48.8 Å². The smallest absolute Gasteiger partial charge is 0.743 e. The molecule has 0 spiro atoms. The third kappa shape index (κ3) is 6.67. The SMILES string of the molecule is C=C(C)C(=O)OC(CC)C(F)(F)C(=O)OCC(F)(F)S(=O)(=O)[O-].[Na+]. The van der Waals surface area contributed by atoms with Gasteiger partial charge in [-0.25, -0.2) is 18.0 Å². The molecule has 7 nitrogen and oxygen atoms in total. The molecule has 0 aliphatic carbocycles. The molecule has 0 aliphatic rings. The van der Waals surface area contributed by atoms with E-state index in [9.17, 15) is 40.1 Å². The molecule has 0 N–H and O–H groups in total. The number of ether oxygens (including phenoxy) is 2. The molecule has 0 saturated carbocycles. The summed E-state index contributed by atoms with van der Waals surface area (Å²) >= 11 is 0. The van der Waals surface area contributed by atoms with E-state index in [1.165, 1.54) is 0 Å². The minimum Gasteiger partial charge on any atom is -0.743 e. The summed E-state index contributed by atoms with van der Waals surface area (Å²) < 4.78 is 91.2. The fourth-order valence-electron chi connectivity index (χ4n) is 1.09. The largest absolute Gasteiger partial charge is 1.00 e. The number of halogens is 4. The Morgan fingerprint density at radius 3 is 2.04 bits per heavy atom. The monoisotopic (exact) mass is 388 g/mol. The molecule has 0 amide bonds.